The lowest BCUT2D eigenvalue weighted by Gasteiger charge is -2.14. The van der Waals surface area contributed by atoms with Crippen LogP contribution in [0.1, 0.15) is 6.92 Å². The zero-order valence-corrected chi connectivity index (χ0v) is 8.33. The first-order chi connectivity index (χ1) is 6.19. The maximum atomic E-state index is 11.1. The van der Waals surface area contributed by atoms with Crippen molar-refractivity contribution in [1.29, 1.82) is 0 Å². The number of halogens is 1. The molecule has 0 aliphatic carbocycles. The van der Waals surface area contributed by atoms with E-state index in [1.807, 2.05) is 6.92 Å². The molecule has 2 atom stereocenters. The third-order valence-corrected chi connectivity index (χ3v) is 2.31. The van der Waals surface area contributed by atoms with E-state index in [-0.39, 0.29) is 17.9 Å². The summed E-state index contributed by atoms with van der Waals surface area (Å²) in [5.74, 6) is -0.186. The van der Waals surface area contributed by atoms with Crippen LogP contribution in [0.25, 0.3) is 0 Å². The average molecular weight is 208 g/mol. The fraction of sp³-hybridized carbons (Fsp3) is 0.875. The first-order valence-electron chi connectivity index (χ1n) is 4.32. The number of hydrogen-bond acceptors (Lipinski definition) is 3. The van der Waals surface area contributed by atoms with Gasteiger partial charge in [-0.15, -0.1) is 11.6 Å². The molecule has 1 fully saturated rings. The number of aliphatic hydroxyl groups is 1. The lowest BCUT2D eigenvalue weighted by Crippen LogP contribution is -2.30. The lowest BCUT2D eigenvalue weighted by molar-refractivity contribution is -0.128. The van der Waals surface area contributed by atoms with Gasteiger partial charge < -0.3 is 14.7 Å². The third-order valence-electron chi connectivity index (χ3n) is 2.08. The second kappa shape index (κ2) is 4.79. The highest BCUT2D eigenvalue weighted by atomic mass is 35.5. The van der Waals surface area contributed by atoms with E-state index in [1.54, 1.807) is 0 Å². The first-order valence-corrected chi connectivity index (χ1v) is 4.86. The van der Waals surface area contributed by atoms with Gasteiger partial charge in [-0.3, -0.25) is 4.79 Å². The van der Waals surface area contributed by atoms with E-state index >= 15 is 0 Å². The molecule has 0 bridgehead atoms. The quantitative estimate of drug-likeness (QED) is 0.654. The lowest BCUT2D eigenvalue weighted by atomic mass is 10.3. The van der Waals surface area contributed by atoms with Crippen molar-refractivity contribution in [2.24, 2.45) is 0 Å². The smallest absolute Gasteiger partial charge is 0.237 e. The molecule has 0 unspecified atom stereocenters. The minimum atomic E-state index is -0.577. The third kappa shape index (κ3) is 2.56. The van der Waals surface area contributed by atoms with Crippen LogP contribution in [0.15, 0.2) is 0 Å². The van der Waals surface area contributed by atoms with Crippen molar-refractivity contribution in [2.75, 3.05) is 25.6 Å². The first kappa shape index (κ1) is 10.8. The molecule has 1 N–H and O–H groups in total. The summed E-state index contributed by atoms with van der Waals surface area (Å²) in [5, 5.41) is 9.47. The van der Waals surface area contributed by atoms with Gasteiger partial charge >= 0.3 is 0 Å². The molecule has 5 heteroatoms. The van der Waals surface area contributed by atoms with E-state index in [4.69, 9.17) is 16.3 Å². The minimum Gasteiger partial charge on any atom is -0.388 e. The summed E-state index contributed by atoms with van der Waals surface area (Å²) in [6.07, 6.45) is -0.829. The molecule has 0 aromatic carbocycles. The number of β-amino-alcohol motifs (C(OH)–C–C–N with tert-alkyl or cyclic N) is 1. The molecule has 0 radical (unpaired) electrons. The molecule has 1 aliphatic heterocycles. The predicted octanol–water partition coefficient (Wildman–Crippen LogP) is -0.167. The topological polar surface area (TPSA) is 49.8 Å². The van der Waals surface area contributed by atoms with Crippen molar-refractivity contribution in [3.05, 3.63) is 0 Å². The highest BCUT2D eigenvalue weighted by Crippen LogP contribution is 2.13. The van der Waals surface area contributed by atoms with E-state index in [1.165, 1.54) is 4.90 Å². The van der Waals surface area contributed by atoms with Crippen LogP contribution in [-0.4, -0.2) is 53.7 Å². The predicted molar refractivity (Wildman–Crippen MR) is 48.7 cm³/mol. The van der Waals surface area contributed by atoms with Gasteiger partial charge in [-0.25, -0.2) is 0 Å². The number of likely N-dealkylation sites (tertiary alicyclic amines) is 1. The van der Waals surface area contributed by atoms with Gasteiger partial charge in [0.2, 0.25) is 5.91 Å². The summed E-state index contributed by atoms with van der Waals surface area (Å²) in [4.78, 5) is 12.7. The number of carbonyl (C=O) groups excluding carboxylic acids is 1. The van der Waals surface area contributed by atoms with Crippen molar-refractivity contribution in [3.63, 3.8) is 0 Å². The molecule has 0 spiro atoms. The van der Waals surface area contributed by atoms with Crippen LogP contribution < -0.4 is 0 Å². The van der Waals surface area contributed by atoms with Crippen LogP contribution in [0.3, 0.4) is 0 Å². The van der Waals surface area contributed by atoms with Crippen LogP contribution in [-0.2, 0) is 9.53 Å². The summed E-state index contributed by atoms with van der Waals surface area (Å²) in [7, 11) is 0. The second-order valence-corrected chi connectivity index (χ2v) is 3.26. The highest BCUT2D eigenvalue weighted by molar-refractivity contribution is 6.27. The maximum absolute atomic E-state index is 11.1. The number of rotatable bonds is 3. The van der Waals surface area contributed by atoms with Gasteiger partial charge in [0, 0.05) is 19.7 Å². The fourth-order valence-corrected chi connectivity index (χ4v) is 1.59. The fourth-order valence-electron chi connectivity index (χ4n) is 1.42. The van der Waals surface area contributed by atoms with Crippen molar-refractivity contribution in [1.82, 2.24) is 4.90 Å². The molecular weight excluding hydrogens is 194 g/mol. The average Bonchev–Trinajstić information content (AvgIpc) is 2.47. The molecule has 1 saturated heterocycles. The molecule has 0 saturated carbocycles. The van der Waals surface area contributed by atoms with Crippen LogP contribution >= 0.6 is 11.6 Å². The van der Waals surface area contributed by atoms with Crippen LogP contribution in [0, 0.1) is 0 Å². The summed E-state index contributed by atoms with van der Waals surface area (Å²) >= 11 is 5.39. The van der Waals surface area contributed by atoms with Crippen molar-refractivity contribution in [2.45, 2.75) is 19.1 Å². The Hall–Kier alpha value is -0.320. The number of aliphatic hydroxyl groups excluding tert-OH is 1. The van der Waals surface area contributed by atoms with Gasteiger partial charge in [0.25, 0.3) is 0 Å². The van der Waals surface area contributed by atoms with Crippen LogP contribution in [0.5, 0.6) is 0 Å². The van der Waals surface area contributed by atoms with Crippen LogP contribution in [0.4, 0.5) is 0 Å². The number of alkyl halides is 1. The summed E-state index contributed by atoms with van der Waals surface area (Å²) in [6.45, 7) is 3.18. The second-order valence-electron chi connectivity index (χ2n) is 2.99. The standard InChI is InChI=1S/C8H14ClNO3/c1-2-13-7-5-10(4-6(7)11)8(12)3-9/h6-7,11H,2-5H2,1H3/t6-,7-/m0/s1. The molecule has 1 amide bonds. The molecule has 0 aromatic heterocycles. The van der Waals surface area contributed by atoms with E-state index in [9.17, 15) is 9.90 Å². The zero-order valence-electron chi connectivity index (χ0n) is 7.57. The number of nitrogens with zero attached hydrogens (tertiary/aromatic N) is 1. The highest BCUT2D eigenvalue weighted by Gasteiger charge is 2.33. The molecule has 1 heterocycles. The minimum absolute atomic E-state index is 0.0361. The van der Waals surface area contributed by atoms with Crippen LogP contribution in [0.2, 0.25) is 0 Å². The van der Waals surface area contributed by atoms with Gasteiger partial charge in [-0.1, -0.05) is 0 Å². The molecule has 0 aromatic rings. The van der Waals surface area contributed by atoms with Gasteiger partial charge in [-0.05, 0) is 6.92 Å². The van der Waals surface area contributed by atoms with Gasteiger partial charge in [0.05, 0.1) is 6.10 Å². The Labute approximate surface area is 82.4 Å². The van der Waals surface area contributed by atoms with E-state index in [2.05, 4.69) is 0 Å². The number of ether oxygens (including phenoxy) is 1. The summed E-state index contributed by atoms with van der Waals surface area (Å²) in [5.41, 5.74) is 0. The van der Waals surface area contributed by atoms with Gasteiger partial charge in [0.1, 0.15) is 12.0 Å². The monoisotopic (exact) mass is 207 g/mol. The van der Waals surface area contributed by atoms with Crippen molar-refractivity contribution in [3.8, 4) is 0 Å². The van der Waals surface area contributed by atoms with E-state index < -0.39 is 6.10 Å². The Morgan fingerprint density at radius 1 is 1.69 bits per heavy atom. The van der Waals surface area contributed by atoms with E-state index in [0.29, 0.717) is 19.7 Å². The van der Waals surface area contributed by atoms with E-state index in [0.717, 1.165) is 0 Å². The van der Waals surface area contributed by atoms with Gasteiger partial charge in [-0.2, -0.15) is 0 Å². The Balaban J connectivity index is 2.44. The Bertz CT molecular complexity index is 188. The van der Waals surface area contributed by atoms with Crippen molar-refractivity contribution < 1.29 is 14.6 Å². The molecule has 4 nitrogen and oxygen atoms in total. The number of amides is 1. The van der Waals surface area contributed by atoms with Gasteiger partial charge in [0.15, 0.2) is 0 Å². The Kier molecular flexibility index (Phi) is 3.96. The summed E-state index contributed by atoms with van der Waals surface area (Å²) in [6, 6.07) is 0. The SMILES string of the molecule is CCO[C@H]1CN(C(=O)CCl)C[C@@H]1O. The Morgan fingerprint density at radius 3 is 2.92 bits per heavy atom. The zero-order chi connectivity index (χ0) is 9.84. The number of carbonyl (C=O) groups is 1. The molecule has 13 heavy (non-hydrogen) atoms. The molecule has 1 aliphatic rings. The maximum Gasteiger partial charge on any atom is 0.237 e. The summed E-state index contributed by atoms with van der Waals surface area (Å²) < 4.78 is 5.25. The molecule has 1 rings (SSSR count). The number of hydrogen-bond donors (Lipinski definition) is 1. The van der Waals surface area contributed by atoms with Crippen molar-refractivity contribution >= 4 is 17.5 Å². The molecular formula is C8H14ClNO3. The Morgan fingerprint density at radius 2 is 2.38 bits per heavy atom. The largest absolute Gasteiger partial charge is 0.388 e. The normalized spacial score (nSPS) is 28.1. The molecule has 76 valence electrons.